The van der Waals surface area contributed by atoms with Gasteiger partial charge in [0.1, 0.15) is 0 Å². The molecule has 7 heteroatoms. The zero-order valence-electron chi connectivity index (χ0n) is 9.53. The predicted molar refractivity (Wildman–Crippen MR) is 75.5 cm³/mol. The van der Waals surface area contributed by atoms with Crippen molar-refractivity contribution < 1.29 is 13.3 Å². The lowest BCUT2D eigenvalue weighted by molar-refractivity contribution is 0.0223. The zero-order chi connectivity index (χ0) is 13.2. The van der Waals surface area contributed by atoms with Gasteiger partial charge >= 0.3 is 0 Å². The molecule has 1 aliphatic rings. The molecule has 0 radical (unpaired) electrons. The number of sulfonamides is 1. The Morgan fingerprint density at radius 3 is 2.56 bits per heavy atom. The van der Waals surface area contributed by atoms with E-state index in [-0.39, 0.29) is 11.0 Å². The molecule has 4 nitrogen and oxygen atoms in total. The second kappa shape index (κ2) is 6.00. The number of halogens is 2. The summed E-state index contributed by atoms with van der Waals surface area (Å²) in [5.74, 6) is 0. The highest BCUT2D eigenvalue weighted by molar-refractivity contribution is 9.11. The van der Waals surface area contributed by atoms with Crippen LogP contribution in [0.25, 0.3) is 0 Å². The zero-order valence-corrected chi connectivity index (χ0v) is 13.5. The smallest absolute Gasteiger partial charge is 0.263 e. The minimum absolute atomic E-state index is 0.00861. The molecule has 100 valence electrons. The van der Waals surface area contributed by atoms with Gasteiger partial charge in [-0.3, -0.25) is 4.84 Å². The van der Waals surface area contributed by atoms with Crippen LogP contribution >= 0.6 is 31.9 Å². The van der Waals surface area contributed by atoms with Gasteiger partial charge in [-0.1, -0.05) is 33.7 Å². The standard InChI is InChI=1S/C11H13Br2NO3S/c12-8-5-6-10(13)11(7-8)18(15,16)14-17-9-3-1-2-4-9/h5-7,9,14H,1-4H2. The fourth-order valence-corrected chi connectivity index (χ4v) is 4.22. The van der Waals surface area contributed by atoms with E-state index < -0.39 is 10.0 Å². The third-order valence-electron chi connectivity index (χ3n) is 2.81. The van der Waals surface area contributed by atoms with E-state index in [4.69, 9.17) is 4.84 Å². The van der Waals surface area contributed by atoms with Gasteiger partial charge in [-0.15, -0.1) is 0 Å². The van der Waals surface area contributed by atoms with Gasteiger partial charge in [-0.05, 0) is 47.0 Å². The molecule has 1 aliphatic carbocycles. The summed E-state index contributed by atoms with van der Waals surface area (Å²) in [4.78, 5) is 7.61. The highest BCUT2D eigenvalue weighted by atomic mass is 79.9. The van der Waals surface area contributed by atoms with E-state index >= 15 is 0 Å². The minimum Gasteiger partial charge on any atom is -0.284 e. The molecule has 1 fully saturated rings. The average Bonchev–Trinajstić information content (AvgIpc) is 2.83. The summed E-state index contributed by atoms with van der Waals surface area (Å²) in [7, 11) is -3.65. The lowest BCUT2D eigenvalue weighted by Gasteiger charge is -2.13. The molecule has 0 atom stereocenters. The average molecular weight is 399 g/mol. The molecule has 1 aromatic carbocycles. The predicted octanol–water partition coefficient (Wildman–Crippen LogP) is 3.36. The first kappa shape index (κ1) is 14.5. The molecule has 0 amide bonds. The van der Waals surface area contributed by atoms with Gasteiger partial charge in [0, 0.05) is 8.95 Å². The Kier molecular flexibility index (Phi) is 4.82. The Hall–Kier alpha value is 0.0500. The van der Waals surface area contributed by atoms with E-state index in [0.29, 0.717) is 8.95 Å². The van der Waals surface area contributed by atoms with Crippen molar-refractivity contribution in [3.8, 4) is 0 Å². The molecule has 0 heterocycles. The molecule has 1 N–H and O–H groups in total. The fraction of sp³-hybridized carbons (Fsp3) is 0.455. The Morgan fingerprint density at radius 2 is 1.89 bits per heavy atom. The van der Waals surface area contributed by atoms with Crippen molar-refractivity contribution in [1.29, 1.82) is 0 Å². The summed E-state index contributed by atoms with van der Waals surface area (Å²) < 4.78 is 25.4. The topological polar surface area (TPSA) is 55.4 Å². The largest absolute Gasteiger partial charge is 0.284 e. The fourth-order valence-electron chi connectivity index (χ4n) is 1.87. The molecular weight excluding hydrogens is 386 g/mol. The van der Waals surface area contributed by atoms with E-state index in [9.17, 15) is 8.42 Å². The van der Waals surface area contributed by atoms with Crippen LogP contribution in [0.5, 0.6) is 0 Å². The molecule has 0 saturated heterocycles. The quantitative estimate of drug-likeness (QED) is 0.791. The van der Waals surface area contributed by atoms with Gasteiger partial charge in [0.05, 0.1) is 11.0 Å². The molecule has 1 aromatic rings. The third kappa shape index (κ3) is 3.54. The molecule has 0 aliphatic heterocycles. The first-order valence-electron chi connectivity index (χ1n) is 5.61. The Morgan fingerprint density at radius 1 is 1.22 bits per heavy atom. The SMILES string of the molecule is O=S(=O)(NOC1CCCC1)c1cc(Br)ccc1Br. The number of nitrogens with one attached hydrogen (secondary N) is 1. The minimum atomic E-state index is -3.65. The lowest BCUT2D eigenvalue weighted by atomic mass is 10.3. The van der Waals surface area contributed by atoms with Crippen LogP contribution in [0.3, 0.4) is 0 Å². The van der Waals surface area contributed by atoms with Gasteiger partial charge in [0.2, 0.25) is 0 Å². The van der Waals surface area contributed by atoms with Crippen LogP contribution in [-0.2, 0) is 14.9 Å². The van der Waals surface area contributed by atoms with Crippen molar-refractivity contribution in [3.63, 3.8) is 0 Å². The van der Waals surface area contributed by atoms with Crippen molar-refractivity contribution in [2.45, 2.75) is 36.7 Å². The van der Waals surface area contributed by atoms with Crippen molar-refractivity contribution in [2.75, 3.05) is 0 Å². The van der Waals surface area contributed by atoms with Crippen molar-refractivity contribution >= 4 is 41.9 Å². The van der Waals surface area contributed by atoms with E-state index in [0.717, 1.165) is 25.7 Å². The lowest BCUT2D eigenvalue weighted by Crippen LogP contribution is -2.28. The maximum absolute atomic E-state index is 12.1. The van der Waals surface area contributed by atoms with E-state index in [1.807, 2.05) is 0 Å². The van der Waals surface area contributed by atoms with Gasteiger partial charge < -0.3 is 0 Å². The van der Waals surface area contributed by atoms with Crippen LogP contribution in [0.2, 0.25) is 0 Å². The Balaban J connectivity index is 2.12. The maximum Gasteiger partial charge on any atom is 0.263 e. The molecule has 2 rings (SSSR count). The molecule has 1 saturated carbocycles. The summed E-state index contributed by atoms with van der Waals surface area (Å²) >= 11 is 6.48. The van der Waals surface area contributed by atoms with Crippen LogP contribution in [0, 0.1) is 0 Å². The van der Waals surface area contributed by atoms with Gasteiger partial charge in [-0.2, -0.15) is 0 Å². The summed E-state index contributed by atoms with van der Waals surface area (Å²) in [5.41, 5.74) is 0. The second-order valence-electron chi connectivity index (χ2n) is 4.19. The monoisotopic (exact) mass is 397 g/mol. The number of hydrogen-bond donors (Lipinski definition) is 1. The number of hydrogen-bond acceptors (Lipinski definition) is 3. The van der Waals surface area contributed by atoms with E-state index in [1.54, 1.807) is 12.1 Å². The molecule has 0 bridgehead atoms. The summed E-state index contributed by atoms with van der Waals surface area (Å²) in [6.45, 7) is 0. The van der Waals surface area contributed by atoms with Crippen LogP contribution in [0.15, 0.2) is 32.0 Å². The first-order chi connectivity index (χ1) is 8.49. The normalized spacial score (nSPS) is 17.2. The maximum atomic E-state index is 12.1. The highest BCUT2D eigenvalue weighted by Crippen LogP contribution is 2.26. The van der Waals surface area contributed by atoms with Crippen molar-refractivity contribution in [3.05, 3.63) is 27.1 Å². The van der Waals surface area contributed by atoms with Crippen LogP contribution < -0.4 is 4.89 Å². The Bertz CT molecular complexity index is 527. The van der Waals surface area contributed by atoms with Crippen molar-refractivity contribution in [1.82, 2.24) is 4.89 Å². The number of rotatable bonds is 4. The van der Waals surface area contributed by atoms with Crippen molar-refractivity contribution in [2.24, 2.45) is 0 Å². The molecule has 18 heavy (non-hydrogen) atoms. The molecular formula is C11H13Br2NO3S. The molecule has 0 unspecified atom stereocenters. The van der Waals surface area contributed by atoms with Gasteiger partial charge in [0.25, 0.3) is 10.0 Å². The van der Waals surface area contributed by atoms with E-state index in [2.05, 4.69) is 36.7 Å². The number of benzene rings is 1. The molecule has 0 spiro atoms. The summed E-state index contributed by atoms with van der Waals surface area (Å²) in [5, 5.41) is 0. The summed E-state index contributed by atoms with van der Waals surface area (Å²) in [6, 6.07) is 4.97. The Labute approximate surface area is 123 Å². The van der Waals surface area contributed by atoms with Crippen LogP contribution in [0.1, 0.15) is 25.7 Å². The molecule has 0 aromatic heterocycles. The van der Waals surface area contributed by atoms with Crippen LogP contribution in [-0.4, -0.2) is 14.5 Å². The highest BCUT2D eigenvalue weighted by Gasteiger charge is 2.22. The van der Waals surface area contributed by atoms with Gasteiger partial charge in [0.15, 0.2) is 0 Å². The van der Waals surface area contributed by atoms with Crippen LogP contribution in [0.4, 0.5) is 0 Å². The first-order valence-corrected chi connectivity index (χ1v) is 8.68. The third-order valence-corrected chi connectivity index (χ3v) is 5.49. The second-order valence-corrected chi connectivity index (χ2v) is 7.57. The van der Waals surface area contributed by atoms with Gasteiger partial charge in [-0.25, -0.2) is 8.42 Å². The van der Waals surface area contributed by atoms with E-state index in [1.165, 1.54) is 6.07 Å². The summed E-state index contributed by atoms with van der Waals surface area (Å²) in [6.07, 6.45) is 3.98.